The van der Waals surface area contributed by atoms with E-state index in [4.69, 9.17) is 10.5 Å². The molecular weight excluding hydrogens is 295 g/mol. The lowest BCUT2D eigenvalue weighted by atomic mass is 9.93. The molecule has 21 heavy (non-hydrogen) atoms. The zero-order valence-electron chi connectivity index (χ0n) is 12.8. The lowest BCUT2D eigenvalue weighted by Crippen LogP contribution is -2.40. The van der Waals surface area contributed by atoms with Gasteiger partial charge in [0.1, 0.15) is 11.6 Å². The molecule has 0 heterocycles. The molecule has 0 fully saturated rings. The molecule has 0 unspecified atom stereocenters. The Morgan fingerprint density at radius 2 is 1.90 bits per heavy atom. The average Bonchev–Trinajstić information content (AvgIpc) is 2.40. The highest BCUT2D eigenvalue weighted by molar-refractivity contribution is 5.85. The van der Waals surface area contributed by atoms with Crippen molar-refractivity contribution in [1.82, 2.24) is 4.90 Å². The summed E-state index contributed by atoms with van der Waals surface area (Å²) in [7, 11) is 1.76. The predicted molar refractivity (Wildman–Crippen MR) is 84.2 cm³/mol. The van der Waals surface area contributed by atoms with Gasteiger partial charge in [-0.3, -0.25) is 4.79 Å². The molecule has 0 atom stereocenters. The van der Waals surface area contributed by atoms with Crippen LogP contribution in [0.5, 0.6) is 5.75 Å². The van der Waals surface area contributed by atoms with Gasteiger partial charge in [-0.15, -0.1) is 12.4 Å². The van der Waals surface area contributed by atoms with Crippen LogP contribution in [0.4, 0.5) is 4.39 Å². The zero-order chi connectivity index (χ0) is 15.2. The third-order valence-corrected chi connectivity index (χ3v) is 3.04. The minimum Gasteiger partial charge on any atom is -0.493 e. The number of hydrogen-bond acceptors (Lipinski definition) is 3. The molecule has 0 aliphatic heterocycles. The van der Waals surface area contributed by atoms with E-state index in [1.807, 2.05) is 13.8 Å². The Morgan fingerprint density at radius 1 is 1.33 bits per heavy atom. The van der Waals surface area contributed by atoms with E-state index in [2.05, 4.69) is 0 Å². The van der Waals surface area contributed by atoms with Gasteiger partial charge in [0.05, 0.1) is 13.0 Å². The molecule has 0 bridgehead atoms. The van der Waals surface area contributed by atoms with Crippen LogP contribution in [-0.4, -0.2) is 37.6 Å². The SMILES string of the molecule is CN(CC(C)(C)CN)C(=O)CCOc1ccc(F)cc1.Cl. The number of rotatable bonds is 7. The molecule has 0 aliphatic rings. The molecular formula is C15H24ClFN2O2. The first-order valence-corrected chi connectivity index (χ1v) is 6.66. The van der Waals surface area contributed by atoms with Gasteiger partial charge in [-0.05, 0) is 36.2 Å². The topological polar surface area (TPSA) is 55.6 Å². The second kappa shape index (κ2) is 8.85. The molecule has 1 aromatic rings. The quantitative estimate of drug-likeness (QED) is 0.840. The number of carbonyl (C=O) groups is 1. The van der Waals surface area contributed by atoms with E-state index in [0.717, 1.165) is 0 Å². The van der Waals surface area contributed by atoms with Crippen molar-refractivity contribution in [3.05, 3.63) is 30.1 Å². The number of nitrogens with two attached hydrogens (primary N) is 1. The molecule has 2 N–H and O–H groups in total. The van der Waals surface area contributed by atoms with Gasteiger partial charge in [0, 0.05) is 13.6 Å². The first-order valence-electron chi connectivity index (χ1n) is 6.66. The Labute approximate surface area is 131 Å². The first kappa shape index (κ1) is 19.7. The second-order valence-corrected chi connectivity index (χ2v) is 5.67. The van der Waals surface area contributed by atoms with Crippen molar-refractivity contribution >= 4 is 18.3 Å². The van der Waals surface area contributed by atoms with Crippen LogP contribution in [0.15, 0.2) is 24.3 Å². The van der Waals surface area contributed by atoms with Crippen LogP contribution >= 0.6 is 12.4 Å². The van der Waals surface area contributed by atoms with E-state index >= 15 is 0 Å². The predicted octanol–water partition coefficient (Wildman–Crippen LogP) is 2.46. The number of ether oxygens (including phenoxy) is 1. The smallest absolute Gasteiger partial charge is 0.225 e. The fraction of sp³-hybridized carbons (Fsp3) is 0.533. The highest BCUT2D eigenvalue weighted by Crippen LogP contribution is 2.15. The monoisotopic (exact) mass is 318 g/mol. The van der Waals surface area contributed by atoms with Crippen LogP contribution in [0.25, 0.3) is 0 Å². The second-order valence-electron chi connectivity index (χ2n) is 5.67. The van der Waals surface area contributed by atoms with Gasteiger partial charge in [-0.1, -0.05) is 13.8 Å². The van der Waals surface area contributed by atoms with Gasteiger partial charge in [-0.25, -0.2) is 4.39 Å². The Hall–Kier alpha value is -1.33. The highest BCUT2D eigenvalue weighted by Gasteiger charge is 2.20. The molecule has 0 aliphatic carbocycles. The van der Waals surface area contributed by atoms with Crippen LogP contribution in [0.3, 0.4) is 0 Å². The van der Waals surface area contributed by atoms with Crippen molar-refractivity contribution in [2.75, 3.05) is 26.7 Å². The van der Waals surface area contributed by atoms with Crippen molar-refractivity contribution in [3.63, 3.8) is 0 Å². The van der Waals surface area contributed by atoms with Gasteiger partial charge >= 0.3 is 0 Å². The van der Waals surface area contributed by atoms with Gasteiger partial charge in [0.2, 0.25) is 5.91 Å². The minimum absolute atomic E-state index is 0. The van der Waals surface area contributed by atoms with E-state index in [0.29, 0.717) is 18.8 Å². The molecule has 0 aromatic heterocycles. The highest BCUT2D eigenvalue weighted by atomic mass is 35.5. The average molecular weight is 319 g/mol. The van der Waals surface area contributed by atoms with Crippen molar-refractivity contribution in [1.29, 1.82) is 0 Å². The Kier molecular flexibility index (Phi) is 8.29. The minimum atomic E-state index is -0.308. The van der Waals surface area contributed by atoms with Gasteiger partial charge in [-0.2, -0.15) is 0 Å². The first-order chi connectivity index (χ1) is 9.34. The Bertz CT molecular complexity index is 438. The van der Waals surface area contributed by atoms with E-state index < -0.39 is 0 Å². The summed E-state index contributed by atoms with van der Waals surface area (Å²) in [5.41, 5.74) is 5.55. The van der Waals surface area contributed by atoms with Crippen molar-refractivity contribution in [2.24, 2.45) is 11.1 Å². The molecule has 0 radical (unpaired) electrons. The molecule has 4 nitrogen and oxygen atoms in total. The molecule has 0 saturated carbocycles. The summed E-state index contributed by atoms with van der Waals surface area (Å²) in [6, 6.07) is 5.74. The summed E-state index contributed by atoms with van der Waals surface area (Å²) in [6.07, 6.45) is 0.286. The maximum absolute atomic E-state index is 12.7. The molecule has 1 rings (SSSR count). The fourth-order valence-electron chi connectivity index (χ4n) is 1.77. The van der Waals surface area contributed by atoms with Crippen LogP contribution < -0.4 is 10.5 Å². The van der Waals surface area contributed by atoms with Crippen LogP contribution in [0.1, 0.15) is 20.3 Å². The number of nitrogens with zero attached hydrogens (tertiary/aromatic N) is 1. The largest absolute Gasteiger partial charge is 0.493 e. The van der Waals surface area contributed by atoms with E-state index in [1.165, 1.54) is 12.1 Å². The van der Waals surface area contributed by atoms with Gasteiger partial charge < -0.3 is 15.4 Å². The van der Waals surface area contributed by atoms with Gasteiger partial charge in [0.15, 0.2) is 0 Å². The summed E-state index contributed by atoms with van der Waals surface area (Å²) in [5, 5.41) is 0. The van der Waals surface area contributed by atoms with Crippen molar-refractivity contribution < 1.29 is 13.9 Å². The standard InChI is InChI=1S/C15H23FN2O2.ClH/c1-15(2,10-17)11-18(3)14(19)8-9-20-13-6-4-12(16)5-7-13;/h4-7H,8-11,17H2,1-3H3;1H. The number of halogens is 2. The molecule has 6 heteroatoms. The molecule has 0 spiro atoms. The lowest BCUT2D eigenvalue weighted by molar-refractivity contribution is -0.131. The molecule has 1 aromatic carbocycles. The van der Waals surface area contributed by atoms with Crippen molar-refractivity contribution in [2.45, 2.75) is 20.3 Å². The van der Waals surface area contributed by atoms with Crippen LogP contribution in [-0.2, 0) is 4.79 Å². The maximum Gasteiger partial charge on any atom is 0.225 e. The number of benzene rings is 1. The van der Waals surface area contributed by atoms with Crippen LogP contribution in [0.2, 0.25) is 0 Å². The Morgan fingerprint density at radius 3 is 2.43 bits per heavy atom. The summed E-state index contributed by atoms with van der Waals surface area (Å²) in [4.78, 5) is 13.6. The molecule has 0 saturated heterocycles. The van der Waals surface area contributed by atoms with E-state index in [-0.39, 0.29) is 42.6 Å². The zero-order valence-corrected chi connectivity index (χ0v) is 13.6. The summed E-state index contributed by atoms with van der Waals surface area (Å²) >= 11 is 0. The van der Waals surface area contributed by atoms with Gasteiger partial charge in [0.25, 0.3) is 0 Å². The number of carbonyl (C=O) groups excluding carboxylic acids is 1. The van der Waals surface area contributed by atoms with E-state index in [1.54, 1.807) is 24.1 Å². The summed E-state index contributed by atoms with van der Waals surface area (Å²) in [6.45, 7) is 5.45. The lowest BCUT2D eigenvalue weighted by Gasteiger charge is -2.29. The number of hydrogen-bond donors (Lipinski definition) is 1. The number of amides is 1. The normalized spacial score (nSPS) is 10.7. The summed E-state index contributed by atoms with van der Waals surface area (Å²) < 4.78 is 18.1. The third kappa shape index (κ3) is 7.29. The fourth-order valence-corrected chi connectivity index (χ4v) is 1.77. The summed E-state index contributed by atoms with van der Waals surface area (Å²) in [5.74, 6) is 0.259. The molecule has 120 valence electrons. The maximum atomic E-state index is 12.7. The van der Waals surface area contributed by atoms with Crippen molar-refractivity contribution in [3.8, 4) is 5.75 Å². The third-order valence-electron chi connectivity index (χ3n) is 3.04. The van der Waals surface area contributed by atoms with Crippen LogP contribution in [0, 0.1) is 11.2 Å². The van der Waals surface area contributed by atoms with E-state index in [9.17, 15) is 9.18 Å². The molecule has 1 amide bonds. The Balaban J connectivity index is 0.00000400.